The molecule has 26 heavy (non-hydrogen) atoms. The molecule has 3 rings (SSSR count). The van der Waals surface area contributed by atoms with Crippen LogP contribution in [0.2, 0.25) is 0 Å². The van der Waals surface area contributed by atoms with Gasteiger partial charge in [0.05, 0.1) is 11.9 Å². The van der Waals surface area contributed by atoms with Crippen molar-refractivity contribution >= 4 is 40.2 Å². The van der Waals surface area contributed by atoms with Crippen molar-refractivity contribution < 1.29 is 14.3 Å². The van der Waals surface area contributed by atoms with Gasteiger partial charge in [0.25, 0.3) is 0 Å². The molecular formula is C18H18N4O3S. The number of hydrogen-bond donors (Lipinski definition) is 2. The molecule has 134 valence electrons. The summed E-state index contributed by atoms with van der Waals surface area (Å²) in [4.78, 5) is 35.8. The van der Waals surface area contributed by atoms with E-state index in [-0.39, 0.29) is 23.8 Å². The second-order valence-electron chi connectivity index (χ2n) is 5.54. The molecule has 0 saturated carbocycles. The Bertz CT molecular complexity index is 970. The van der Waals surface area contributed by atoms with Gasteiger partial charge in [0, 0.05) is 28.9 Å². The number of anilines is 1. The van der Waals surface area contributed by atoms with E-state index in [9.17, 15) is 9.59 Å². The first-order valence-electron chi connectivity index (χ1n) is 8.08. The lowest BCUT2D eigenvalue weighted by Gasteiger charge is -2.10. The maximum absolute atomic E-state index is 12.8. The van der Waals surface area contributed by atoms with Crippen LogP contribution >= 0.6 is 11.8 Å². The van der Waals surface area contributed by atoms with E-state index in [1.54, 1.807) is 20.0 Å². The number of Topliss-reactive ketones (excluding diaryl/α,β-unsaturated/α-hetero) is 1. The fourth-order valence-corrected chi connectivity index (χ4v) is 3.32. The molecule has 2 aromatic heterocycles. The van der Waals surface area contributed by atoms with Crippen LogP contribution in [0, 0.1) is 0 Å². The van der Waals surface area contributed by atoms with Gasteiger partial charge in [-0.1, -0.05) is 30.0 Å². The minimum absolute atomic E-state index is 0.0349. The predicted octanol–water partition coefficient (Wildman–Crippen LogP) is 3.08. The summed E-state index contributed by atoms with van der Waals surface area (Å²) in [6.07, 6.45) is 3.04. The summed E-state index contributed by atoms with van der Waals surface area (Å²) >= 11 is 1.19. The average Bonchev–Trinajstić information content (AvgIpc) is 3.05. The number of para-hydroxylation sites is 1. The van der Waals surface area contributed by atoms with Gasteiger partial charge in [-0.2, -0.15) is 0 Å². The van der Waals surface area contributed by atoms with E-state index in [4.69, 9.17) is 10.5 Å². The van der Waals surface area contributed by atoms with Gasteiger partial charge >= 0.3 is 5.97 Å². The molecule has 0 amide bonds. The molecule has 0 aliphatic rings. The number of esters is 1. The maximum Gasteiger partial charge on any atom is 0.343 e. The molecule has 0 spiro atoms. The molecule has 7 nitrogen and oxygen atoms in total. The summed E-state index contributed by atoms with van der Waals surface area (Å²) in [7, 11) is 0. The molecule has 3 aromatic rings. The fraction of sp³-hybridized carbons (Fsp3) is 0.222. The first-order valence-corrected chi connectivity index (χ1v) is 8.95. The highest BCUT2D eigenvalue weighted by Gasteiger charge is 2.22. The normalized spacial score (nSPS) is 12.1. The van der Waals surface area contributed by atoms with Crippen LogP contribution in [0.3, 0.4) is 0 Å². The number of ketones is 1. The highest BCUT2D eigenvalue weighted by Crippen LogP contribution is 2.27. The van der Waals surface area contributed by atoms with Gasteiger partial charge in [-0.3, -0.25) is 4.79 Å². The molecule has 1 aromatic carbocycles. The van der Waals surface area contributed by atoms with Crippen LogP contribution in [0.1, 0.15) is 34.6 Å². The predicted molar refractivity (Wildman–Crippen MR) is 100 cm³/mol. The first-order chi connectivity index (χ1) is 12.5. The lowest BCUT2D eigenvalue weighted by molar-refractivity contribution is 0.0526. The van der Waals surface area contributed by atoms with Gasteiger partial charge in [0.1, 0.15) is 11.4 Å². The number of carbonyl (C=O) groups excluding carboxylic acids is 2. The topological polar surface area (TPSA) is 111 Å². The lowest BCUT2D eigenvalue weighted by atomic mass is 10.1. The highest BCUT2D eigenvalue weighted by atomic mass is 32.2. The summed E-state index contributed by atoms with van der Waals surface area (Å²) in [6.45, 7) is 3.73. The molecule has 0 fully saturated rings. The van der Waals surface area contributed by atoms with Crippen molar-refractivity contribution in [2.75, 3.05) is 12.3 Å². The molecule has 0 unspecified atom stereocenters. The number of nitrogens with one attached hydrogen (secondary N) is 1. The van der Waals surface area contributed by atoms with Gasteiger partial charge in [-0.25, -0.2) is 14.8 Å². The molecular weight excluding hydrogens is 352 g/mol. The number of H-pyrrole nitrogens is 1. The summed E-state index contributed by atoms with van der Waals surface area (Å²) in [6, 6.07) is 7.62. The van der Waals surface area contributed by atoms with E-state index in [1.165, 1.54) is 18.0 Å². The van der Waals surface area contributed by atoms with Crippen molar-refractivity contribution in [3.05, 3.63) is 47.8 Å². The highest BCUT2D eigenvalue weighted by molar-refractivity contribution is 8.00. The Morgan fingerprint density at radius 1 is 1.31 bits per heavy atom. The van der Waals surface area contributed by atoms with Crippen molar-refractivity contribution in [2.45, 2.75) is 24.3 Å². The average molecular weight is 370 g/mol. The smallest absolute Gasteiger partial charge is 0.343 e. The van der Waals surface area contributed by atoms with Gasteiger partial charge in [-0.05, 0) is 19.9 Å². The number of nitrogens with zero attached hydrogens (tertiary/aromatic N) is 2. The summed E-state index contributed by atoms with van der Waals surface area (Å²) < 4.78 is 4.89. The third-order valence-electron chi connectivity index (χ3n) is 3.80. The van der Waals surface area contributed by atoms with Crippen molar-refractivity contribution in [1.29, 1.82) is 0 Å². The van der Waals surface area contributed by atoms with Crippen LogP contribution in [-0.2, 0) is 4.74 Å². The maximum atomic E-state index is 12.8. The minimum atomic E-state index is -0.565. The number of hydrogen-bond acceptors (Lipinski definition) is 7. The Balaban J connectivity index is 1.77. The van der Waals surface area contributed by atoms with Crippen LogP contribution in [0.4, 0.5) is 5.82 Å². The fourth-order valence-electron chi connectivity index (χ4n) is 2.51. The zero-order valence-corrected chi connectivity index (χ0v) is 15.2. The number of rotatable bonds is 6. The molecule has 0 saturated heterocycles. The van der Waals surface area contributed by atoms with Gasteiger partial charge in [0.15, 0.2) is 10.9 Å². The van der Waals surface area contributed by atoms with E-state index in [0.717, 1.165) is 10.9 Å². The standard InChI is InChI=1S/C18H18N4O3S/c1-3-25-17(24)13-9-21-18(22-16(13)19)26-10(2)15(23)12-8-20-14-7-5-4-6-11(12)14/h4-10,20H,3H2,1-2H3,(H2,19,21,22)/t10-/m0/s1. The number of nitrogen functional groups attached to an aromatic ring is 1. The number of nitrogens with two attached hydrogens (primary N) is 1. The lowest BCUT2D eigenvalue weighted by Crippen LogP contribution is -2.15. The van der Waals surface area contributed by atoms with Crippen LogP contribution < -0.4 is 5.73 Å². The van der Waals surface area contributed by atoms with E-state index >= 15 is 0 Å². The number of ether oxygens (including phenoxy) is 1. The minimum Gasteiger partial charge on any atom is -0.462 e. The quantitative estimate of drug-likeness (QED) is 0.297. The van der Waals surface area contributed by atoms with Crippen molar-refractivity contribution in [3.63, 3.8) is 0 Å². The Morgan fingerprint density at radius 3 is 2.81 bits per heavy atom. The van der Waals surface area contributed by atoms with E-state index < -0.39 is 11.2 Å². The van der Waals surface area contributed by atoms with Gasteiger partial charge in [-0.15, -0.1) is 0 Å². The van der Waals surface area contributed by atoms with Crippen molar-refractivity contribution in [1.82, 2.24) is 15.0 Å². The molecule has 0 aliphatic carbocycles. The van der Waals surface area contributed by atoms with Gasteiger partial charge in [0.2, 0.25) is 0 Å². The first kappa shape index (κ1) is 17.9. The number of benzene rings is 1. The summed E-state index contributed by atoms with van der Waals surface area (Å²) in [5.74, 6) is -0.568. The zero-order chi connectivity index (χ0) is 18.7. The second kappa shape index (κ2) is 7.57. The number of aromatic nitrogens is 3. The van der Waals surface area contributed by atoms with E-state index in [1.807, 2.05) is 24.3 Å². The van der Waals surface area contributed by atoms with Crippen LogP contribution in [0.5, 0.6) is 0 Å². The Labute approximate surface area is 154 Å². The Hall–Kier alpha value is -2.87. The van der Waals surface area contributed by atoms with Crippen LogP contribution in [0.25, 0.3) is 10.9 Å². The largest absolute Gasteiger partial charge is 0.462 e. The van der Waals surface area contributed by atoms with E-state index in [0.29, 0.717) is 10.7 Å². The SMILES string of the molecule is CCOC(=O)c1cnc(S[C@@H](C)C(=O)c2c[nH]c3ccccc23)nc1N. The molecule has 3 N–H and O–H groups in total. The van der Waals surface area contributed by atoms with Crippen molar-refractivity contribution in [2.24, 2.45) is 0 Å². The summed E-state index contributed by atoms with van der Waals surface area (Å²) in [5.41, 5.74) is 7.47. The van der Waals surface area contributed by atoms with Crippen molar-refractivity contribution in [3.8, 4) is 0 Å². The number of aromatic amines is 1. The number of carbonyl (C=O) groups is 2. The monoisotopic (exact) mass is 370 g/mol. The molecule has 0 radical (unpaired) electrons. The van der Waals surface area contributed by atoms with Gasteiger partial charge < -0.3 is 15.5 Å². The second-order valence-corrected chi connectivity index (χ2v) is 6.85. The van der Waals surface area contributed by atoms with Crippen LogP contribution in [-0.4, -0.2) is 38.6 Å². The molecule has 8 heteroatoms. The van der Waals surface area contributed by atoms with E-state index in [2.05, 4.69) is 15.0 Å². The summed E-state index contributed by atoms with van der Waals surface area (Å²) in [5, 5.41) is 0.793. The zero-order valence-electron chi connectivity index (χ0n) is 14.4. The van der Waals surface area contributed by atoms with Crippen LogP contribution in [0.15, 0.2) is 41.8 Å². The Kier molecular flexibility index (Phi) is 5.22. The molecule has 0 bridgehead atoms. The molecule has 1 atom stereocenters. The Morgan fingerprint density at radius 2 is 2.08 bits per heavy atom. The third-order valence-corrected chi connectivity index (χ3v) is 4.77. The molecule has 2 heterocycles. The molecule has 0 aliphatic heterocycles. The third kappa shape index (κ3) is 3.55. The number of fused-ring (bicyclic) bond motifs is 1. The number of thioether (sulfide) groups is 1.